The Kier molecular flexibility index (Phi) is 5.79. The van der Waals surface area contributed by atoms with Gasteiger partial charge in [-0.3, -0.25) is 4.79 Å². The number of nitrogens with zero attached hydrogens (tertiary/aromatic N) is 7. The van der Waals surface area contributed by atoms with E-state index in [4.69, 9.17) is 9.51 Å². The number of aromatic nitrogens is 4. The Hall–Kier alpha value is -4.45. The highest BCUT2D eigenvalue weighted by molar-refractivity contribution is 5.87. The molecule has 0 bridgehead atoms. The molecule has 0 saturated carbocycles. The minimum atomic E-state index is -0.172. The zero-order chi connectivity index (χ0) is 24.5. The van der Waals surface area contributed by atoms with Gasteiger partial charge in [-0.05, 0) is 25.1 Å². The molecule has 176 valence electrons. The van der Waals surface area contributed by atoms with Crippen LogP contribution in [0.15, 0.2) is 60.0 Å². The van der Waals surface area contributed by atoms with E-state index in [0.29, 0.717) is 43.0 Å². The summed E-state index contributed by atoms with van der Waals surface area (Å²) in [6.07, 6.45) is 6.88. The lowest BCUT2D eigenvalue weighted by molar-refractivity contribution is -0.133. The average molecular weight is 468 g/mol. The van der Waals surface area contributed by atoms with Crippen LogP contribution in [0.1, 0.15) is 18.2 Å². The first-order valence-corrected chi connectivity index (χ1v) is 11.5. The minimum absolute atomic E-state index is 0.114. The number of hydrogen-bond donors (Lipinski definition) is 0. The molecule has 1 fully saturated rings. The molecule has 1 aliphatic rings. The van der Waals surface area contributed by atoms with E-state index >= 15 is 0 Å². The van der Waals surface area contributed by atoms with E-state index in [1.807, 2.05) is 55.4 Å². The van der Waals surface area contributed by atoms with Gasteiger partial charge < -0.3 is 14.3 Å². The molecule has 0 aliphatic carbocycles. The second-order valence-corrected chi connectivity index (χ2v) is 8.68. The summed E-state index contributed by atoms with van der Waals surface area (Å²) in [6.45, 7) is 10.2. The number of nitriles is 1. The Bertz CT molecular complexity index is 1440. The Morgan fingerprint density at radius 2 is 2.00 bits per heavy atom. The number of piperazine rings is 1. The lowest BCUT2D eigenvalue weighted by atomic mass is 10.0. The van der Waals surface area contributed by atoms with Crippen LogP contribution in [0.4, 0.5) is 5.82 Å². The monoisotopic (exact) mass is 467 g/mol. The number of carbonyl (C=O) groups is 1. The standard InChI is InChI=1S/C26H25N7O2/c1-4-17(2)26(34)32-9-7-31(8-10-32)24-6-5-19(14-28-24)22-12-20(23-11-18(3)30-35-23)16-33-25(22)21(13-27)15-29-33/h4-6,11-12,14-17H,1,7-10H2,2-3H3. The van der Waals surface area contributed by atoms with Crippen molar-refractivity contribution in [2.45, 2.75) is 13.8 Å². The fourth-order valence-electron chi connectivity index (χ4n) is 4.33. The van der Waals surface area contributed by atoms with Gasteiger partial charge >= 0.3 is 0 Å². The first-order chi connectivity index (χ1) is 17.0. The van der Waals surface area contributed by atoms with E-state index in [-0.39, 0.29) is 11.8 Å². The molecule has 4 aromatic heterocycles. The SMILES string of the molecule is C=CC(C)C(=O)N1CCN(c2ccc(-c3cc(-c4cc(C)no4)cn4ncc(C#N)c34)cn2)CC1. The van der Waals surface area contributed by atoms with Crippen molar-refractivity contribution < 1.29 is 9.32 Å². The molecule has 9 heteroatoms. The highest BCUT2D eigenvalue weighted by Crippen LogP contribution is 2.32. The summed E-state index contributed by atoms with van der Waals surface area (Å²) < 4.78 is 7.15. The average Bonchev–Trinajstić information content (AvgIpc) is 3.53. The fourth-order valence-corrected chi connectivity index (χ4v) is 4.33. The lowest BCUT2D eigenvalue weighted by Gasteiger charge is -2.36. The van der Waals surface area contributed by atoms with Gasteiger partial charge in [-0.1, -0.05) is 18.2 Å². The molecule has 0 N–H and O–H groups in total. The van der Waals surface area contributed by atoms with Crippen LogP contribution in [-0.2, 0) is 4.79 Å². The van der Waals surface area contributed by atoms with Crippen LogP contribution in [0.3, 0.4) is 0 Å². The van der Waals surface area contributed by atoms with Gasteiger partial charge in [0.05, 0.1) is 28.9 Å². The van der Waals surface area contributed by atoms with Crippen molar-refractivity contribution in [1.29, 1.82) is 5.26 Å². The second-order valence-electron chi connectivity index (χ2n) is 8.68. The molecule has 0 aromatic carbocycles. The van der Waals surface area contributed by atoms with Crippen molar-refractivity contribution >= 4 is 17.2 Å². The summed E-state index contributed by atoms with van der Waals surface area (Å²) in [6, 6.07) is 10.0. The maximum Gasteiger partial charge on any atom is 0.229 e. The number of anilines is 1. The predicted octanol–water partition coefficient (Wildman–Crippen LogP) is 3.70. The molecular weight excluding hydrogens is 442 g/mol. The van der Waals surface area contributed by atoms with E-state index in [9.17, 15) is 10.1 Å². The number of rotatable bonds is 5. The zero-order valence-electron chi connectivity index (χ0n) is 19.7. The number of fused-ring (bicyclic) bond motifs is 1. The summed E-state index contributed by atoms with van der Waals surface area (Å²) in [5, 5.41) is 18.0. The Balaban J connectivity index is 1.43. The van der Waals surface area contributed by atoms with Gasteiger partial charge in [0.1, 0.15) is 11.9 Å². The normalized spacial score (nSPS) is 14.7. The van der Waals surface area contributed by atoms with Crippen LogP contribution >= 0.6 is 0 Å². The number of hydrogen-bond acceptors (Lipinski definition) is 7. The summed E-state index contributed by atoms with van der Waals surface area (Å²) in [4.78, 5) is 21.2. The van der Waals surface area contributed by atoms with Gasteiger partial charge in [0.15, 0.2) is 5.76 Å². The van der Waals surface area contributed by atoms with Gasteiger partial charge in [-0.25, -0.2) is 9.50 Å². The van der Waals surface area contributed by atoms with Gasteiger partial charge in [0, 0.05) is 61.3 Å². The van der Waals surface area contributed by atoms with Gasteiger partial charge in [0.25, 0.3) is 0 Å². The molecule has 5 heterocycles. The van der Waals surface area contributed by atoms with E-state index in [1.165, 1.54) is 0 Å². The molecule has 1 unspecified atom stereocenters. The molecule has 1 aliphatic heterocycles. The molecule has 35 heavy (non-hydrogen) atoms. The zero-order valence-corrected chi connectivity index (χ0v) is 19.7. The second kappa shape index (κ2) is 9.06. The summed E-state index contributed by atoms with van der Waals surface area (Å²) in [7, 11) is 0. The van der Waals surface area contributed by atoms with Crippen molar-refractivity contribution in [2.24, 2.45) is 5.92 Å². The summed E-state index contributed by atoms with van der Waals surface area (Å²) in [5.74, 6) is 1.42. The quantitative estimate of drug-likeness (QED) is 0.412. The van der Waals surface area contributed by atoms with E-state index in [1.54, 1.807) is 16.8 Å². The molecule has 0 spiro atoms. The lowest BCUT2D eigenvalue weighted by Crippen LogP contribution is -2.50. The van der Waals surface area contributed by atoms with Crippen LogP contribution in [0.2, 0.25) is 0 Å². The van der Waals surface area contributed by atoms with E-state index < -0.39 is 0 Å². The molecule has 4 aromatic rings. The minimum Gasteiger partial charge on any atom is -0.356 e. The van der Waals surface area contributed by atoms with Crippen molar-refractivity contribution in [2.75, 3.05) is 31.1 Å². The molecule has 1 saturated heterocycles. The third-order valence-corrected chi connectivity index (χ3v) is 6.36. The van der Waals surface area contributed by atoms with E-state index in [2.05, 4.69) is 27.8 Å². The van der Waals surface area contributed by atoms with Gasteiger partial charge in [-0.15, -0.1) is 6.58 Å². The smallest absolute Gasteiger partial charge is 0.229 e. The molecule has 0 radical (unpaired) electrons. The van der Waals surface area contributed by atoms with Crippen LogP contribution < -0.4 is 4.90 Å². The van der Waals surface area contributed by atoms with Crippen molar-refractivity contribution in [1.82, 2.24) is 24.7 Å². The molecular formula is C26H25N7O2. The van der Waals surface area contributed by atoms with Gasteiger partial charge in [-0.2, -0.15) is 10.4 Å². The topological polar surface area (TPSA) is 104 Å². The number of carbonyl (C=O) groups excluding carboxylic acids is 1. The Labute approximate surface area is 202 Å². The summed E-state index contributed by atoms with van der Waals surface area (Å²) >= 11 is 0. The van der Waals surface area contributed by atoms with Crippen LogP contribution in [0.5, 0.6) is 0 Å². The number of pyridine rings is 2. The van der Waals surface area contributed by atoms with Crippen molar-refractivity contribution in [3.05, 3.63) is 66.8 Å². The molecule has 9 nitrogen and oxygen atoms in total. The van der Waals surface area contributed by atoms with Crippen LogP contribution in [0, 0.1) is 24.2 Å². The third-order valence-electron chi connectivity index (χ3n) is 6.36. The molecule has 1 amide bonds. The van der Waals surface area contributed by atoms with E-state index in [0.717, 1.165) is 28.2 Å². The van der Waals surface area contributed by atoms with Crippen LogP contribution in [0.25, 0.3) is 28.0 Å². The largest absolute Gasteiger partial charge is 0.356 e. The fraction of sp³-hybridized carbons (Fsp3) is 0.269. The van der Waals surface area contributed by atoms with Crippen molar-refractivity contribution in [3.8, 4) is 28.5 Å². The number of aryl methyl sites for hydroxylation is 1. The van der Waals surface area contributed by atoms with Crippen LogP contribution in [-0.4, -0.2) is 56.7 Å². The molecule has 5 rings (SSSR count). The van der Waals surface area contributed by atoms with Crippen molar-refractivity contribution in [3.63, 3.8) is 0 Å². The first kappa shape index (κ1) is 22.3. The Morgan fingerprint density at radius 3 is 2.63 bits per heavy atom. The third kappa shape index (κ3) is 4.15. The highest BCUT2D eigenvalue weighted by Gasteiger charge is 2.24. The Morgan fingerprint density at radius 1 is 1.20 bits per heavy atom. The maximum atomic E-state index is 12.4. The maximum absolute atomic E-state index is 12.4. The first-order valence-electron chi connectivity index (χ1n) is 11.5. The summed E-state index contributed by atoms with van der Waals surface area (Å²) in [5.41, 5.74) is 4.48. The van der Waals surface area contributed by atoms with Gasteiger partial charge in [0.2, 0.25) is 5.91 Å². The number of amides is 1. The molecule has 1 atom stereocenters. The predicted molar refractivity (Wildman–Crippen MR) is 132 cm³/mol. The highest BCUT2D eigenvalue weighted by atomic mass is 16.5.